The predicted octanol–water partition coefficient (Wildman–Crippen LogP) is 6.56. The summed E-state index contributed by atoms with van der Waals surface area (Å²) in [6.07, 6.45) is 3.09. The summed E-state index contributed by atoms with van der Waals surface area (Å²) in [7, 11) is 0. The summed E-state index contributed by atoms with van der Waals surface area (Å²) in [5.41, 5.74) is 1.57. The minimum Gasteiger partial charge on any atom is -0.486 e. The Morgan fingerprint density at radius 2 is 1.79 bits per heavy atom. The summed E-state index contributed by atoms with van der Waals surface area (Å²) in [4.78, 5) is 25.6. The lowest BCUT2D eigenvalue weighted by atomic mass is 10.2. The average Bonchev–Trinajstić information content (AvgIpc) is 2.90. The average molecular weight is 499 g/mol. The summed E-state index contributed by atoms with van der Waals surface area (Å²) in [5.74, 6) is 0.000809. The molecule has 144 valence electrons. The second-order valence-corrected chi connectivity index (χ2v) is 8.53. The van der Waals surface area contributed by atoms with E-state index in [4.69, 9.17) is 27.9 Å². The van der Waals surface area contributed by atoms with Crippen molar-refractivity contribution in [3.8, 4) is 5.75 Å². The zero-order valence-electron chi connectivity index (χ0n) is 14.5. The molecule has 0 spiro atoms. The molecule has 2 amide bonds. The SMILES string of the molecule is C=CCN1C(=O)S/C(=C/c2cc(Cl)c(OCc3ccc(Br)cc3)c(Cl)c2)C1=O. The van der Waals surface area contributed by atoms with Gasteiger partial charge in [0.25, 0.3) is 11.1 Å². The Balaban J connectivity index is 1.78. The minimum absolute atomic E-state index is 0.173. The van der Waals surface area contributed by atoms with E-state index in [0.717, 1.165) is 26.7 Å². The zero-order valence-corrected chi connectivity index (χ0v) is 18.4. The van der Waals surface area contributed by atoms with Crippen LogP contribution >= 0.6 is 50.9 Å². The molecule has 2 aromatic rings. The van der Waals surface area contributed by atoms with Crippen molar-refractivity contribution in [3.05, 3.63) is 79.6 Å². The molecule has 0 unspecified atom stereocenters. The Bertz CT molecular complexity index is 953. The first-order chi connectivity index (χ1) is 13.4. The molecule has 0 atom stereocenters. The van der Waals surface area contributed by atoms with Crippen LogP contribution in [0.4, 0.5) is 4.79 Å². The van der Waals surface area contributed by atoms with Gasteiger partial charge in [0.05, 0.1) is 15.0 Å². The molecule has 0 bridgehead atoms. The first kappa shape index (κ1) is 21.0. The standard InChI is InChI=1S/C20H14BrCl2NO3S/c1-2-7-24-19(25)17(28-20(24)26)10-13-8-15(22)18(16(23)9-13)27-11-12-3-5-14(21)6-4-12/h2-6,8-10H,1,7,11H2/b17-10+. The lowest BCUT2D eigenvalue weighted by Crippen LogP contribution is -2.27. The quantitative estimate of drug-likeness (QED) is 0.334. The Morgan fingerprint density at radius 3 is 2.39 bits per heavy atom. The normalized spacial score (nSPS) is 15.4. The number of nitrogens with zero attached hydrogens (tertiary/aromatic N) is 1. The number of ether oxygens (including phenoxy) is 1. The van der Waals surface area contributed by atoms with Gasteiger partial charge in [-0.25, -0.2) is 0 Å². The highest BCUT2D eigenvalue weighted by Gasteiger charge is 2.34. The number of imide groups is 1. The summed E-state index contributed by atoms with van der Waals surface area (Å²) in [6, 6.07) is 11.0. The van der Waals surface area contributed by atoms with Crippen molar-refractivity contribution in [2.75, 3.05) is 6.54 Å². The van der Waals surface area contributed by atoms with Gasteiger partial charge in [-0.2, -0.15) is 0 Å². The van der Waals surface area contributed by atoms with Crippen molar-refractivity contribution < 1.29 is 14.3 Å². The highest BCUT2D eigenvalue weighted by Crippen LogP contribution is 2.37. The van der Waals surface area contributed by atoms with E-state index in [9.17, 15) is 9.59 Å². The largest absolute Gasteiger partial charge is 0.486 e. The summed E-state index contributed by atoms with van der Waals surface area (Å²) >= 11 is 16.9. The van der Waals surface area contributed by atoms with E-state index in [1.165, 1.54) is 6.08 Å². The molecular weight excluding hydrogens is 485 g/mol. The lowest BCUT2D eigenvalue weighted by Gasteiger charge is -2.11. The van der Waals surface area contributed by atoms with Crippen molar-refractivity contribution in [1.29, 1.82) is 0 Å². The molecule has 1 fully saturated rings. The molecule has 3 rings (SSSR count). The van der Waals surface area contributed by atoms with Crippen molar-refractivity contribution >= 4 is 68.1 Å². The fourth-order valence-corrected chi connectivity index (χ4v) is 4.20. The number of amides is 2. The van der Waals surface area contributed by atoms with Gasteiger partial charge in [-0.15, -0.1) is 6.58 Å². The number of hydrogen-bond donors (Lipinski definition) is 0. The number of carbonyl (C=O) groups excluding carboxylic acids is 2. The molecule has 0 aliphatic carbocycles. The zero-order chi connectivity index (χ0) is 20.3. The number of rotatable bonds is 6. The van der Waals surface area contributed by atoms with E-state index in [1.54, 1.807) is 18.2 Å². The van der Waals surface area contributed by atoms with E-state index in [1.807, 2.05) is 24.3 Å². The third-order valence-corrected chi connectivity index (χ3v) is 5.80. The summed E-state index contributed by atoms with van der Waals surface area (Å²) in [5, 5.41) is 0.310. The molecule has 4 nitrogen and oxygen atoms in total. The molecule has 1 heterocycles. The second kappa shape index (κ2) is 9.18. The van der Waals surface area contributed by atoms with Gasteiger partial charge < -0.3 is 4.74 Å². The van der Waals surface area contributed by atoms with Gasteiger partial charge >= 0.3 is 0 Å². The van der Waals surface area contributed by atoms with Crippen LogP contribution in [0, 0.1) is 0 Å². The van der Waals surface area contributed by atoms with Crippen LogP contribution < -0.4 is 4.74 Å². The Kier molecular flexibility index (Phi) is 6.88. The first-order valence-electron chi connectivity index (χ1n) is 8.11. The van der Waals surface area contributed by atoms with Gasteiger partial charge in [0.15, 0.2) is 5.75 Å². The smallest absolute Gasteiger partial charge is 0.293 e. The number of benzene rings is 2. The predicted molar refractivity (Wildman–Crippen MR) is 118 cm³/mol. The Labute approximate surface area is 185 Å². The monoisotopic (exact) mass is 497 g/mol. The fourth-order valence-electron chi connectivity index (χ4n) is 2.47. The lowest BCUT2D eigenvalue weighted by molar-refractivity contribution is -0.122. The van der Waals surface area contributed by atoms with Gasteiger partial charge in [0.1, 0.15) is 6.61 Å². The topological polar surface area (TPSA) is 46.6 Å². The molecule has 8 heteroatoms. The van der Waals surface area contributed by atoms with Crippen molar-refractivity contribution in [2.45, 2.75) is 6.61 Å². The van der Waals surface area contributed by atoms with E-state index in [2.05, 4.69) is 22.5 Å². The molecule has 2 aromatic carbocycles. The summed E-state index contributed by atoms with van der Waals surface area (Å²) < 4.78 is 6.74. The van der Waals surface area contributed by atoms with Crippen LogP contribution in [0.3, 0.4) is 0 Å². The van der Waals surface area contributed by atoms with Crippen molar-refractivity contribution in [2.24, 2.45) is 0 Å². The van der Waals surface area contributed by atoms with E-state index >= 15 is 0 Å². The van der Waals surface area contributed by atoms with Crippen LogP contribution in [-0.4, -0.2) is 22.6 Å². The van der Waals surface area contributed by atoms with Gasteiger partial charge in [-0.05, 0) is 53.2 Å². The highest BCUT2D eigenvalue weighted by atomic mass is 79.9. The first-order valence-corrected chi connectivity index (χ1v) is 10.5. The molecule has 1 aliphatic rings. The summed E-state index contributed by atoms with van der Waals surface area (Å²) in [6.45, 7) is 4.04. The van der Waals surface area contributed by atoms with E-state index in [0.29, 0.717) is 32.9 Å². The molecule has 0 saturated carbocycles. The molecule has 0 aromatic heterocycles. The van der Waals surface area contributed by atoms with E-state index < -0.39 is 0 Å². The molecule has 0 radical (unpaired) electrons. The Hall–Kier alpha value is -1.73. The third-order valence-electron chi connectivity index (χ3n) is 3.80. The molecule has 1 saturated heterocycles. The maximum atomic E-state index is 12.3. The van der Waals surface area contributed by atoms with Crippen molar-refractivity contribution in [1.82, 2.24) is 4.90 Å². The molecule has 0 N–H and O–H groups in total. The van der Waals surface area contributed by atoms with Gasteiger partial charge in [0, 0.05) is 11.0 Å². The maximum absolute atomic E-state index is 12.3. The second-order valence-electron chi connectivity index (χ2n) is 5.81. The fraction of sp³-hybridized carbons (Fsp3) is 0.100. The van der Waals surface area contributed by atoms with Gasteiger partial charge in [-0.1, -0.05) is 57.3 Å². The van der Waals surface area contributed by atoms with Crippen LogP contribution in [0.25, 0.3) is 6.08 Å². The van der Waals surface area contributed by atoms with Crippen LogP contribution in [0.15, 0.2) is 58.4 Å². The molecule has 1 aliphatic heterocycles. The highest BCUT2D eigenvalue weighted by molar-refractivity contribution is 9.10. The van der Waals surface area contributed by atoms with Gasteiger partial charge in [-0.3, -0.25) is 14.5 Å². The van der Waals surface area contributed by atoms with Crippen LogP contribution in [-0.2, 0) is 11.4 Å². The van der Waals surface area contributed by atoms with Crippen LogP contribution in [0.2, 0.25) is 10.0 Å². The number of carbonyl (C=O) groups is 2. The molecule has 28 heavy (non-hydrogen) atoms. The van der Waals surface area contributed by atoms with Crippen LogP contribution in [0.5, 0.6) is 5.75 Å². The third kappa shape index (κ3) is 4.81. The van der Waals surface area contributed by atoms with Gasteiger partial charge in [0.2, 0.25) is 0 Å². The number of thioether (sulfide) groups is 1. The minimum atomic E-state index is -0.363. The number of hydrogen-bond acceptors (Lipinski definition) is 4. The van der Waals surface area contributed by atoms with Crippen LogP contribution in [0.1, 0.15) is 11.1 Å². The number of halogens is 3. The molecular formula is C20H14BrCl2NO3S. The Morgan fingerprint density at radius 1 is 1.14 bits per heavy atom. The van der Waals surface area contributed by atoms with Crippen molar-refractivity contribution in [3.63, 3.8) is 0 Å². The maximum Gasteiger partial charge on any atom is 0.293 e. The van der Waals surface area contributed by atoms with E-state index in [-0.39, 0.29) is 17.7 Å².